The van der Waals surface area contributed by atoms with Gasteiger partial charge in [-0.1, -0.05) is 30.3 Å². The average Bonchev–Trinajstić information content (AvgIpc) is 3.26. The van der Waals surface area contributed by atoms with E-state index in [4.69, 9.17) is 0 Å². The van der Waals surface area contributed by atoms with E-state index in [2.05, 4.69) is 49.1 Å². The minimum absolute atomic E-state index is 0.105. The Morgan fingerprint density at radius 3 is 2.91 bits per heavy atom. The van der Waals surface area contributed by atoms with Crippen LogP contribution in [-0.2, 0) is 19.5 Å². The second kappa shape index (κ2) is 6.38. The van der Waals surface area contributed by atoms with Crippen molar-refractivity contribution in [3.8, 4) is 0 Å². The van der Waals surface area contributed by atoms with Crippen LogP contribution < -0.4 is 5.32 Å². The second-order valence-electron chi connectivity index (χ2n) is 6.01. The van der Waals surface area contributed by atoms with Crippen molar-refractivity contribution in [3.05, 3.63) is 71.8 Å². The average molecular weight is 307 g/mol. The van der Waals surface area contributed by atoms with Gasteiger partial charge in [-0.05, 0) is 18.4 Å². The van der Waals surface area contributed by atoms with Gasteiger partial charge >= 0.3 is 0 Å². The quantitative estimate of drug-likeness (QED) is 0.762. The zero-order valence-corrected chi connectivity index (χ0v) is 13.1. The normalized spacial score (nSPS) is 15.3. The minimum Gasteiger partial charge on any atom is -0.347 e. The maximum atomic E-state index is 4.57. The molecule has 0 spiro atoms. The fraction of sp³-hybridized carbons (Fsp3) is 0.333. The van der Waals surface area contributed by atoms with E-state index in [1.54, 1.807) is 6.33 Å². The van der Waals surface area contributed by atoms with E-state index in [0.29, 0.717) is 0 Å². The molecule has 0 fully saturated rings. The van der Waals surface area contributed by atoms with Crippen LogP contribution in [-0.4, -0.2) is 19.5 Å². The molecule has 0 bridgehead atoms. The summed E-state index contributed by atoms with van der Waals surface area (Å²) in [5.74, 6) is 1.23. The molecule has 5 heteroatoms. The van der Waals surface area contributed by atoms with Crippen molar-refractivity contribution >= 4 is 0 Å². The van der Waals surface area contributed by atoms with Gasteiger partial charge in [0.15, 0.2) is 0 Å². The lowest BCUT2D eigenvalue weighted by Gasteiger charge is -2.20. The number of nitrogens with one attached hydrogen (secondary N) is 2. The number of H-pyrrole nitrogens is 1. The molecule has 1 unspecified atom stereocenters. The summed E-state index contributed by atoms with van der Waals surface area (Å²) in [6.45, 7) is 1.89. The summed E-state index contributed by atoms with van der Waals surface area (Å²) in [7, 11) is 0. The number of nitrogens with zero attached hydrogens (tertiary/aromatic N) is 3. The van der Waals surface area contributed by atoms with E-state index >= 15 is 0 Å². The number of fused-ring (bicyclic) bond motifs is 1. The largest absolute Gasteiger partial charge is 0.347 e. The molecule has 1 aliphatic rings. The number of hydrogen-bond donors (Lipinski definition) is 2. The number of hydrogen-bond acceptors (Lipinski definition) is 3. The number of aromatic amines is 1. The highest BCUT2D eigenvalue weighted by Gasteiger charge is 2.18. The molecule has 118 valence electrons. The first-order chi connectivity index (χ1) is 11.4. The third-order valence-corrected chi connectivity index (χ3v) is 4.50. The van der Waals surface area contributed by atoms with Crippen LogP contribution in [0.15, 0.2) is 49.1 Å². The molecule has 1 aliphatic heterocycles. The fourth-order valence-electron chi connectivity index (χ4n) is 3.30. The molecule has 0 amide bonds. The van der Waals surface area contributed by atoms with Crippen molar-refractivity contribution in [2.24, 2.45) is 0 Å². The summed E-state index contributed by atoms with van der Waals surface area (Å²) in [6, 6.07) is 10.6. The van der Waals surface area contributed by atoms with Gasteiger partial charge in [-0.25, -0.2) is 9.97 Å². The maximum Gasteiger partial charge on any atom is 0.108 e. The Bertz CT molecular complexity index is 745. The molecule has 2 aromatic heterocycles. The standard InChI is InChI=1S/C18H21N5/c1-2-6-14(7-3-1)18(16-12-19-13-22-16)21-11-15-10-20-17-8-4-5-9-23(15)17/h1-3,6-7,10,12-13,18,21H,4-5,8-9,11H2,(H,19,22). The lowest BCUT2D eigenvalue weighted by atomic mass is 10.0. The van der Waals surface area contributed by atoms with Gasteiger partial charge in [-0.2, -0.15) is 0 Å². The van der Waals surface area contributed by atoms with Gasteiger partial charge in [0.2, 0.25) is 0 Å². The molecule has 0 radical (unpaired) electrons. The predicted molar refractivity (Wildman–Crippen MR) is 88.9 cm³/mol. The van der Waals surface area contributed by atoms with Crippen LogP contribution in [0.3, 0.4) is 0 Å². The summed E-state index contributed by atoms with van der Waals surface area (Å²) in [5, 5.41) is 3.66. The molecule has 3 heterocycles. The van der Waals surface area contributed by atoms with Gasteiger partial charge in [0.1, 0.15) is 5.82 Å². The summed E-state index contributed by atoms with van der Waals surface area (Å²) in [4.78, 5) is 12.0. The lowest BCUT2D eigenvalue weighted by molar-refractivity contribution is 0.490. The van der Waals surface area contributed by atoms with Gasteiger partial charge in [-0.3, -0.25) is 5.32 Å². The Balaban J connectivity index is 1.56. The van der Waals surface area contributed by atoms with Crippen molar-refractivity contribution in [1.29, 1.82) is 0 Å². The first kappa shape index (κ1) is 14.2. The Kier molecular flexibility index (Phi) is 3.94. The van der Waals surface area contributed by atoms with Gasteiger partial charge in [0.05, 0.1) is 23.8 Å². The van der Waals surface area contributed by atoms with Gasteiger partial charge < -0.3 is 9.55 Å². The first-order valence-corrected chi connectivity index (χ1v) is 8.22. The van der Waals surface area contributed by atoms with Crippen molar-refractivity contribution in [2.45, 2.75) is 38.4 Å². The Hall–Kier alpha value is -2.40. The zero-order valence-electron chi connectivity index (χ0n) is 13.1. The van der Waals surface area contributed by atoms with E-state index in [9.17, 15) is 0 Å². The number of rotatable bonds is 5. The van der Waals surface area contributed by atoms with Gasteiger partial charge in [-0.15, -0.1) is 0 Å². The van der Waals surface area contributed by atoms with Crippen LogP contribution in [0.25, 0.3) is 0 Å². The third kappa shape index (κ3) is 2.92. The molecule has 0 saturated heterocycles. The first-order valence-electron chi connectivity index (χ1n) is 8.22. The van der Waals surface area contributed by atoms with Gasteiger partial charge in [0, 0.05) is 31.9 Å². The molecule has 3 aromatic rings. The molecule has 5 nitrogen and oxygen atoms in total. The lowest BCUT2D eigenvalue weighted by Crippen LogP contribution is -2.24. The topological polar surface area (TPSA) is 58.5 Å². The van der Waals surface area contributed by atoms with Crippen molar-refractivity contribution < 1.29 is 0 Å². The molecule has 1 aromatic carbocycles. The Morgan fingerprint density at radius 1 is 1.17 bits per heavy atom. The highest BCUT2D eigenvalue weighted by atomic mass is 15.1. The molecule has 0 aliphatic carbocycles. The van der Waals surface area contributed by atoms with E-state index in [-0.39, 0.29) is 6.04 Å². The molecular formula is C18H21N5. The number of imidazole rings is 2. The SMILES string of the molecule is c1ccc(C(NCc2cnc3n2CCCC3)c2cnc[nH]2)cc1. The molecule has 1 atom stereocenters. The van der Waals surface area contributed by atoms with Crippen molar-refractivity contribution in [1.82, 2.24) is 24.8 Å². The van der Waals surface area contributed by atoms with Crippen LogP contribution in [0, 0.1) is 0 Å². The van der Waals surface area contributed by atoms with Crippen LogP contribution in [0.1, 0.15) is 41.7 Å². The molecule has 0 saturated carbocycles. The number of benzene rings is 1. The zero-order chi connectivity index (χ0) is 15.5. The third-order valence-electron chi connectivity index (χ3n) is 4.50. The van der Waals surface area contributed by atoms with Gasteiger partial charge in [0.25, 0.3) is 0 Å². The Labute approximate surface area is 135 Å². The summed E-state index contributed by atoms with van der Waals surface area (Å²) in [6.07, 6.45) is 9.24. The monoisotopic (exact) mass is 307 g/mol. The van der Waals surface area contributed by atoms with Crippen molar-refractivity contribution in [2.75, 3.05) is 0 Å². The summed E-state index contributed by atoms with van der Waals surface area (Å²) >= 11 is 0. The number of aryl methyl sites for hydroxylation is 1. The second-order valence-corrected chi connectivity index (χ2v) is 6.01. The van der Waals surface area contributed by atoms with Crippen LogP contribution in [0.5, 0.6) is 0 Å². The Morgan fingerprint density at radius 2 is 2.09 bits per heavy atom. The molecule has 4 rings (SSSR count). The number of aromatic nitrogens is 4. The summed E-state index contributed by atoms with van der Waals surface area (Å²) < 4.78 is 2.37. The van der Waals surface area contributed by atoms with E-state index < -0.39 is 0 Å². The van der Waals surface area contributed by atoms with E-state index in [0.717, 1.165) is 25.2 Å². The van der Waals surface area contributed by atoms with Crippen LogP contribution >= 0.6 is 0 Å². The van der Waals surface area contributed by atoms with E-state index in [1.807, 2.05) is 18.5 Å². The van der Waals surface area contributed by atoms with Crippen LogP contribution in [0.4, 0.5) is 0 Å². The van der Waals surface area contributed by atoms with E-state index in [1.165, 1.54) is 29.9 Å². The van der Waals surface area contributed by atoms with Crippen LogP contribution in [0.2, 0.25) is 0 Å². The fourth-order valence-corrected chi connectivity index (χ4v) is 3.30. The smallest absolute Gasteiger partial charge is 0.108 e. The summed E-state index contributed by atoms with van der Waals surface area (Å²) in [5.41, 5.74) is 3.57. The van der Waals surface area contributed by atoms with Crippen molar-refractivity contribution in [3.63, 3.8) is 0 Å². The molecule has 2 N–H and O–H groups in total. The highest BCUT2D eigenvalue weighted by molar-refractivity contribution is 5.26. The highest BCUT2D eigenvalue weighted by Crippen LogP contribution is 2.21. The molecular weight excluding hydrogens is 286 g/mol. The maximum absolute atomic E-state index is 4.57. The molecule has 23 heavy (non-hydrogen) atoms. The predicted octanol–water partition coefficient (Wildman–Crippen LogP) is 2.82. The minimum atomic E-state index is 0.105.